The Bertz CT molecular complexity index is 20.5. The van der Waals surface area contributed by atoms with Crippen molar-refractivity contribution in [3.63, 3.8) is 0 Å². The Labute approximate surface area is 170 Å². The van der Waals surface area contributed by atoms with E-state index in [9.17, 15) is 0 Å². The molecule has 0 aliphatic carbocycles. The van der Waals surface area contributed by atoms with Crippen molar-refractivity contribution in [2.24, 2.45) is 0 Å². The summed E-state index contributed by atoms with van der Waals surface area (Å²) in [7, 11) is 0. The van der Waals surface area contributed by atoms with Gasteiger partial charge in [0.1, 0.15) is 0 Å². The zero-order valence-electron chi connectivity index (χ0n) is 5.96. The van der Waals surface area contributed by atoms with Crippen molar-refractivity contribution in [1.29, 1.82) is 0 Å². The van der Waals surface area contributed by atoms with Crippen LogP contribution < -0.4 is 150 Å². The molecule has 0 saturated heterocycles. The third kappa shape index (κ3) is 64.9. The summed E-state index contributed by atoms with van der Waals surface area (Å²) in [5.74, 6) is 0. The van der Waals surface area contributed by atoms with E-state index < -0.39 is 0 Å². The van der Waals surface area contributed by atoms with Crippen LogP contribution in [0.5, 0.6) is 0 Å². The van der Waals surface area contributed by atoms with E-state index >= 15 is 0 Å². The average Bonchev–Trinajstić information content (AvgIpc) is 0. The van der Waals surface area contributed by atoms with Gasteiger partial charge < -0.3 is 98.4 Å². The Balaban J connectivity index is 0. The molecule has 0 aliphatic rings. The van der Waals surface area contributed by atoms with E-state index in [0.717, 1.165) is 0 Å². The second-order valence-electron chi connectivity index (χ2n) is 0. The summed E-state index contributed by atoms with van der Waals surface area (Å²) in [5, 5.41) is 0. The van der Waals surface area contributed by atoms with Gasteiger partial charge in [0.2, 0.25) is 0 Å². The van der Waals surface area contributed by atoms with Crippen molar-refractivity contribution in [2.75, 3.05) is 0 Å². The fourth-order valence-corrected chi connectivity index (χ4v) is 0. The molecule has 0 aromatic rings. The zero-order chi connectivity index (χ0) is 0. The summed E-state index contributed by atoms with van der Waals surface area (Å²) < 4.78 is 0. The zero-order valence-corrected chi connectivity index (χ0v) is 16.1. The predicted molar refractivity (Wildman–Crippen MR) is 2.22 cm³/mol. The Morgan fingerprint density at radius 3 is 0.556 bits per heavy atom. The summed E-state index contributed by atoms with van der Waals surface area (Å²) >= 11 is 0. The van der Waals surface area contributed by atoms with Gasteiger partial charge in [-0.15, -0.1) is 0 Å². The minimum Gasteiger partial charge on any atom is -1.00 e. The first-order valence-corrected chi connectivity index (χ1v) is 0. The SMILES string of the molecule is [Cl-].[Cl-].[Cl-].[Cl-].[Cl-].[Cl-].[H+].[H+].[I-].[K+].[Pt]. The van der Waals surface area contributed by atoms with Gasteiger partial charge in [-0.25, -0.2) is 0 Å². The predicted octanol–water partition coefficient (Wildman–Crippen LogP) is -23.7. The van der Waals surface area contributed by atoms with Gasteiger partial charge in [-0.05, 0) is 0 Å². The van der Waals surface area contributed by atoms with Crippen LogP contribution in [0, 0.1) is 0 Å². The quantitative estimate of drug-likeness (QED) is 0.199. The van der Waals surface area contributed by atoms with Crippen LogP contribution in [0.25, 0.3) is 0 Å². The van der Waals surface area contributed by atoms with Crippen LogP contribution in [0.15, 0.2) is 0 Å². The molecule has 0 saturated carbocycles. The largest absolute Gasteiger partial charge is 1.00 e. The van der Waals surface area contributed by atoms with Crippen molar-refractivity contribution >= 4 is 0 Å². The first kappa shape index (κ1) is 98.2. The fourth-order valence-electron chi connectivity index (χ4n) is 0. The molecule has 0 fully saturated rings. The van der Waals surface area contributed by atoms with Gasteiger partial charge in [-0.2, -0.15) is 0 Å². The normalized spacial score (nSPS) is 0. The van der Waals surface area contributed by atoms with Crippen LogP contribution >= 0.6 is 0 Å². The van der Waals surface area contributed by atoms with Crippen molar-refractivity contribution in [3.8, 4) is 0 Å². The number of rotatable bonds is 0. The van der Waals surface area contributed by atoms with E-state index in [-0.39, 0.29) is 174 Å². The average molecular weight is 576 g/mol. The summed E-state index contributed by atoms with van der Waals surface area (Å²) in [6, 6.07) is 0. The molecule has 0 nitrogen and oxygen atoms in total. The minimum atomic E-state index is 0. The molecule has 66 valence electrons. The van der Waals surface area contributed by atoms with Crippen LogP contribution in [0.1, 0.15) is 2.85 Å². The van der Waals surface area contributed by atoms with Crippen molar-refractivity contribution in [3.05, 3.63) is 0 Å². The monoisotopic (exact) mass is 573 g/mol. The molecule has 0 unspecified atom stereocenters. The van der Waals surface area contributed by atoms with Gasteiger partial charge in [0.15, 0.2) is 0 Å². The molecule has 0 atom stereocenters. The molecule has 0 N–H and O–H groups in total. The second-order valence-corrected chi connectivity index (χ2v) is 0. The van der Waals surface area contributed by atoms with Gasteiger partial charge in [-0.1, -0.05) is 0 Å². The van der Waals surface area contributed by atoms with Crippen molar-refractivity contribution in [1.82, 2.24) is 0 Å². The Hall–Kier alpha value is 4.79. The molecule has 0 heterocycles. The van der Waals surface area contributed by atoms with Crippen molar-refractivity contribution in [2.45, 2.75) is 0 Å². The second kappa shape index (κ2) is 77.4. The topological polar surface area (TPSA) is 0 Å². The molecule has 0 rings (SSSR count). The maximum atomic E-state index is 0. The van der Waals surface area contributed by atoms with E-state index in [4.69, 9.17) is 0 Å². The summed E-state index contributed by atoms with van der Waals surface area (Å²) in [5.41, 5.74) is 0. The van der Waals surface area contributed by atoms with Crippen LogP contribution in [0.4, 0.5) is 0 Å². The Morgan fingerprint density at radius 1 is 0.556 bits per heavy atom. The molecule has 0 bridgehead atoms. The number of hydrogen-bond donors (Lipinski definition) is 0. The molecule has 9 heteroatoms. The minimum absolute atomic E-state index is 0. The van der Waals surface area contributed by atoms with E-state index in [1.165, 1.54) is 0 Å². The van der Waals surface area contributed by atoms with E-state index in [2.05, 4.69) is 0 Å². The Morgan fingerprint density at radius 2 is 0.556 bits per heavy atom. The van der Waals surface area contributed by atoms with Gasteiger partial charge >= 0.3 is 54.2 Å². The maximum absolute atomic E-state index is 0. The third-order valence-electron chi connectivity index (χ3n) is 0. The smallest absolute Gasteiger partial charge is 1.00 e. The summed E-state index contributed by atoms with van der Waals surface area (Å²) in [6.45, 7) is 0. The van der Waals surface area contributed by atoms with E-state index in [1.807, 2.05) is 0 Å². The van der Waals surface area contributed by atoms with E-state index in [1.54, 1.807) is 0 Å². The summed E-state index contributed by atoms with van der Waals surface area (Å²) in [4.78, 5) is 0. The van der Waals surface area contributed by atoms with Crippen LogP contribution in [-0.4, -0.2) is 0 Å². The molecule has 0 amide bonds. The van der Waals surface area contributed by atoms with Crippen LogP contribution in [0.2, 0.25) is 0 Å². The molecule has 0 aromatic heterocycles. The van der Waals surface area contributed by atoms with Gasteiger partial charge in [-0.3, -0.25) is 0 Å². The fraction of sp³-hybridized carbons (Fsp3) is 0. The number of hydrogen-bond acceptors (Lipinski definition) is 0. The molecule has 0 radical (unpaired) electrons. The summed E-state index contributed by atoms with van der Waals surface area (Å²) in [6.07, 6.45) is 0. The first-order chi connectivity index (χ1) is 0. The molecular weight excluding hydrogens is 574 g/mol. The first-order valence-electron chi connectivity index (χ1n) is 0. The maximum Gasteiger partial charge on any atom is 1.00 e. The van der Waals surface area contributed by atoms with Crippen LogP contribution in [-0.2, 0) is 21.1 Å². The molecule has 0 spiro atoms. The van der Waals surface area contributed by atoms with Crippen LogP contribution in [0.3, 0.4) is 0 Å². The third-order valence-corrected chi connectivity index (χ3v) is 0. The van der Waals surface area contributed by atoms with Gasteiger partial charge in [0.05, 0.1) is 0 Å². The van der Waals surface area contributed by atoms with Gasteiger partial charge in [0.25, 0.3) is 0 Å². The molecule has 0 aromatic carbocycles. The molecular formula is H2Cl6IKPt-4. The molecule has 9 heavy (non-hydrogen) atoms. The Kier molecular flexibility index (Phi) is 845. The van der Waals surface area contributed by atoms with Gasteiger partial charge in [0, 0.05) is 21.1 Å². The number of halogens is 7. The van der Waals surface area contributed by atoms with Crippen molar-refractivity contribution < 1.29 is 174 Å². The molecule has 0 aliphatic heterocycles. The standard InChI is InChI=1S/6ClH.HI.K.Pt/h7*1H;;/q;;;;;;;+1;/p-5. The van der Waals surface area contributed by atoms with E-state index in [0.29, 0.717) is 0 Å².